The molecule has 18 heavy (non-hydrogen) atoms. The van der Waals surface area contributed by atoms with Crippen LogP contribution in [0.1, 0.15) is 32.5 Å². The standard InChI is InChI=1S/C14H17FN2S/c1-8-6-9(2)13(11(15)7-8)14(17-16)12-5-4-10(3)18-12/h4-7,14,17H,16H2,1-3H3. The summed E-state index contributed by atoms with van der Waals surface area (Å²) < 4.78 is 14.1. The second-order valence-electron chi connectivity index (χ2n) is 4.53. The van der Waals surface area contributed by atoms with Crippen LogP contribution in [0.25, 0.3) is 0 Å². The number of nitrogens with one attached hydrogen (secondary N) is 1. The highest BCUT2D eigenvalue weighted by molar-refractivity contribution is 7.12. The van der Waals surface area contributed by atoms with E-state index in [1.807, 2.05) is 39.0 Å². The summed E-state index contributed by atoms with van der Waals surface area (Å²) in [6.45, 7) is 5.83. The van der Waals surface area contributed by atoms with Crippen LogP contribution < -0.4 is 11.3 Å². The van der Waals surface area contributed by atoms with E-state index in [9.17, 15) is 4.39 Å². The van der Waals surface area contributed by atoms with Crippen LogP contribution in [-0.4, -0.2) is 0 Å². The Kier molecular flexibility index (Phi) is 3.80. The lowest BCUT2D eigenvalue weighted by atomic mass is 9.98. The number of aryl methyl sites for hydroxylation is 3. The fourth-order valence-electron chi connectivity index (χ4n) is 2.21. The Labute approximate surface area is 111 Å². The van der Waals surface area contributed by atoms with Gasteiger partial charge in [-0.05, 0) is 50.1 Å². The smallest absolute Gasteiger partial charge is 0.128 e. The molecule has 0 aliphatic rings. The predicted molar refractivity (Wildman–Crippen MR) is 74.1 cm³/mol. The molecule has 1 aromatic carbocycles. The number of thiophene rings is 1. The van der Waals surface area contributed by atoms with E-state index in [2.05, 4.69) is 5.43 Å². The van der Waals surface area contributed by atoms with Gasteiger partial charge in [0, 0.05) is 15.3 Å². The molecule has 0 spiro atoms. The lowest BCUT2D eigenvalue weighted by Gasteiger charge is -2.18. The van der Waals surface area contributed by atoms with E-state index in [-0.39, 0.29) is 11.9 Å². The first kappa shape index (κ1) is 13.2. The topological polar surface area (TPSA) is 38.0 Å². The number of hydrogen-bond donors (Lipinski definition) is 2. The zero-order chi connectivity index (χ0) is 13.3. The van der Waals surface area contributed by atoms with Gasteiger partial charge in [-0.3, -0.25) is 5.84 Å². The van der Waals surface area contributed by atoms with E-state index in [1.165, 1.54) is 4.88 Å². The highest BCUT2D eigenvalue weighted by Crippen LogP contribution is 2.31. The van der Waals surface area contributed by atoms with Crippen LogP contribution >= 0.6 is 11.3 Å². The average Bonchev–Trinajstić information content (AvgIpc) is 2.69. The Morgan fingerprint density at radius 3 is 2.44 bits per heavy atom. The quantitative estimate of drug-likeness (QED) is 0.659. The lowest BCUT2D eigenvalue weighted by Crippen LogP contribution is -2.29. The Hall–Kier alpha value is -1.23. The van der Waals surface area contributed by atoms with Crippen LogP contribution in [-0.2, 0) is 0 Å². The van der Waals surface area contributed by atoms with E-state index >= 15 is 0 Å². The molecule has 0 aliphatic carbocycles. The fraction of sp³-hybridized carbons (Fsp3) is 0.286. The van der Waals surface area contributed by atoms with E-state index in [4.69, 9.17) is 5.84 Å². The Balaban J connectivity index is 2.51. The molecule has 0 radical (unpaired) electrons. The maximum atomic E-state index is 14.1. The molecule has 0 bridgehead atoms. The summed E-state index contributed by atoms with van der Waals surface area (Å²) in [6, 6.07) is 7.25. The number of benzene rings is 1. The molecule has 4 heteroatoms. The van der Waals surface area contributed by atoms with E-state index in [0.717, 1.165) is 16.0 Å². The molecular weight excluding hydrogens is 247 g/mol. The van der Waals surface area contributed by atoms with E-state index in [0.29, 0.717) is 5.56 Å². The Bertz CT molecular complexity index is 540. The minimum atomic E-state index is -0.288. The van der Waals surface area contributed by atoms with Gasteiger partial charge in [0.2, 0.25) is 0 Å². The largest absolute Gasteiger partial charge is 0.271 e. The van der Waals surface area contributed by atoms with Crippen molar-refractivity contribution in [3.63, 3.8) is 0 Å². The van der Waals surface area contributed by atoms with Gasteiger partial charge in [-0.25, -0.2) is 9.82 Å². The van der Waals surface area contributed by atoms with Gasteiger partial charge in [0.1, 0.15) is 5.82 Å². The van der Waals surface area contributed by atoms with E-state index < -0.39 is 0 Å². The van der Waals surface area contributed by atoms with Crippen LogP contribution in [0, 0.1) is 26.6 Å². The third kappa shape index (κ3) is 2.46. The number of halogens is 1. The summed E-state index contributed by atoms with van der Waals surface area (Å²) in [6.07, 6.45) is 0. The number of rotatable bonds is 3. The van der Waals surface area contributed by atoms with Crippen LogP contribution in [0.5, 0.6) is 0 Å². The second kappa shape index (κ2) is 5.18. The van der Waals surface area contributed by atoms with Crippen molar-refractivity contribution in [2.75, 3.05) is 0 Å². The van der Waals surface area contributed by atoms with Gasteiger partial charge < -0.3 is 0 Å². The van der Waals surface area contributed by atoms with Crippen molar-refractivity contribution in [1.29, 1.82) is 0 Å². The molecule has 1 heterocycles. The van der Waals surface area contributed by atoms with Gasteiger partial charge in [0.05, 0.1) is 6.04 Å². The van der Waals surface area contributed by atoms with Crippen LogP contribution in [0.15, 0.2) is 24.3 Å². The monoisotopic (exact) mass is 264 g/mol. The summed E-state index contributed by atoms with van der Waals surface area (Å²) >= 11 is 1.63. The highest BCUT2D eigenvalue weighted by atomic mass is 32.1. The molecule has 0 saturated heterocycles. The third-order valence-electron chi connectivity index (χ3n) is 2.98. The van der Waals surface area contributed by atoms with Gasteiger partial charge >= 0.3 is 0 Å². The van der Waals surface area contributed by atoms with Crippen molar-refractivity contribution >= 4 is 11.3 Å². The van der Waals surface area contributed by atoms with Crippen molar-refractivity contribution in [2.24, 2.45) is 5.84 Å². The second-order valence-corrected chi connectivity index (χ2v) is 5.84. The molecule has 0 aliphatic heterocycles. The van der Waals surface area contributed by atoms with Crippen LogP contribution in [0.2, 0.25) is 0 Å². The molecule has 96 valence electrons. The first-order valence-electron chi connectivity index (χ1n) is 5.82. The van der Waals surface area contributed by atoms with Gasteiger partial charge in [0.15, 0.2) is 0 Å². The van der Waals surface area contributed by atoms with Crippen molar-refractivity contribution in [2.45, 2.75) is 26.8 Å². The molecular formula is C14H17FN2S. The minimum Gasteiger partial charge on any atom is -0.271 e. The summed E-state index contributed by atoms with van der Waals surface area (Å²) in [4.78, 5) is 2.22. The molecule has 1 atom stereocenters. The summed E-state index contributed by atoms with van der Waals surface area (Å²) in [7, 11) is 0. The lowest BCUT2D eigenvalue weighted by molar-refractivity contribution is 0.560. The van der Waals surface area contributed by atoms with Crippen molar-refractivity contribution in [3.05, 3.63) is 56.5 Å². The van der Waals surface area contributed by atoms with Gasteiger partial charge in [-0.2, -0.15) is 0 Å². The SMILES string of the molecule is Cc1cc(C)c(C(NN)c2ccc(C)s2)c(F)c1. The zero-order valence-electron chi connectivity index (χ0n) is 10.8. The van der Waals surface area contributed by atoms with Gasteiger partial charge in [0.25, 0.3) is 0 Å². The first-order chi connectivity index (χ1) is 8.52. The molecule has 0 amide bonds. The molecule has 2 nitrogen and oxygen atoms in total. The Morgan fingerprint density at radius 1 is 1.22 bits per heavy atom. The first-order valence-corrected chi connectivity index (χ1v) is 6.63. The Morgan fingerprint density at radius 2 is 1.94 bits per heavy atom. The van der Waals surface area contributed by atoms with Crippen molar-refractivity contribution < 1.29 is 4.39 Å². The number of hydrazine groups is 1. The summed E-state index contributed by atoms with van der Waals surface area (Å²) in [5.41, 5.74) is 5.19. The summed E-state index contributed by atoms with van der Waals surface area (Å²) in [5, 5.41) is 0. The normalized spacial score (nSPS) is 12.7. The molecule has 2 aromatic rings. The van der Waals surface area contributed by atoms with Crippen molar-refractivity contribution in [3.8, 4) is 0 Å². The molecule has 1 unspecified atom stereocenters. The average molecular weight is 264 g/mol. The highest BCUT2D eigenvalue weighted by Gasteiger charge is 2.20. The maximum Gasteiger partial charge on any atom is 0.128 e. The van der Waals surface area contributed by atoms with Crippen LogP contribution in [0.4, 0.5) is 4.39 Å². The zero-order valence-corrected chi connectivity index (χ0v) is 11.6. The fourth-order valence-corrected chi connectivity index (χ4v) is 3.16. The van der Waals surface area contributed by atoms with Gasteiger partial charge in [-0.1, -0.05) is 6.07 Å². The predicted octanol–water partition coefficient (Wildman–Crippen LogP) is 3.37. The molecule has 0 saturated carbocycles. The minimum absolute atomic E-state index is 0.207. The van der Waals surface area contributed by atoms with Crippen molar-refractivity contribution in [1.82, 2.24) is 5.43 Å². The number of nitrogens with two attached hydrogens (primary N) is 1. The van der Waals surface area contributed by atoms with Crippen LogP contribution in [0.3, 0.4) is 0 Å². The molecule has 1 aromatic heterocycles. The van der Waals surface area contributed by atoms with Gasteiger partial charge in [-0.15, -0.1) is 11.3 Å². The third-order valence-corrected chi connectivity index (χ3v) is 4.05. The number of hydrogen-bond acceptors (Lipinski definition) is 3. The molecule has 2 rings (SSSR count). The molecule has 0 fully saturated rings. The van der Waals surface area contributed by atoms with E-state index in [1.54, 1.807) is 17.4 Å². The molecule has 3 N–H and O–H groups in total. The maximum absolute atomic E-state index is 14.1. The summed E-state index contributed by atoms with van der Waals surface area (Å²) in [5.74, 6) is 5.40.